The van der Waals surface area contributed by atoms with Crippen molar-refractivity contribution < 1.29 is 22.7 Å². The lowest BCUT2D eigenvalue weighted by atomic mass is 9.98. The maximum absolute atomic E-state index is 13.0. The highest BCUT2D eigenvalue weighted by atomic mass is 32.2. The van der Waals surface area contributed by atoms with E-state index in [9.17, 15) is 18.0 Å². The van der Waals surface area contributed by atoms with E-state index in [1.54, 1.807) is 24.3 Å². The number of carbonyl (C=O) groups excluding carboxylic acids is 2. The molecule has 0 N–H and O–H groups in total. The van der Waals surface area contributed by atoms with Crippen LogP contribution in [0.4, 0.5) is 0 Å². The zero-order chi connectivity index (χ0) is 20.3. The van der Waals surface area contributed by atoms with Gasteiger partial charge in [0, 0.05) is 17.5 Å². The quantitative estimate of drug-likeness (QED) is 0.547. The summed E-state index contributed by atoms with van der Waals surface area (Å²) in [7, 11) is -3.06. The molecular weight excluding hydrogens is 376 g/mol. The molecule has 0 saturated carbocycles. The van der Waals surface area contributed by atoms with Crippen molar-refractivity contribution in [3.63, 3.8) is 0 Å². The molecule has 2 aromatic carbocycles. The summed E-state index contributed by atoms with van der Waals surface area (Å²) in [5.74, 6) is -0.979. The smallest absolute Gasteiger partial charge is 0.307 e. The normalized spacial score (nSPS) is 19.1. The Morgan fingerprint density at radius 1 is 1.00 bits per heavy atom. The number of ether oxygens (including phenoxy) is 1. The van der Waals surface area contributed by atoms with Crippen LogP contribution in [0.15, 0.2) is 48.5 Å². The predicted molar refractivity (Wildman–Crippen MR) is 107 cm³/mol. The van der Waals surface area contributed by atoms with Crippen molar-refractivity contribution in [3.05, 3.63) is 70.8 Å². The van der Waals surface area contributed by atoms with E-state index in [0.717, 1.165) is 11.1 Å². The van der Waals surface area contributed by atoms with E-state index in [1.165, 1.54) is 0 Å². The third-order valence-corrected chi connectivity index (χ3v) is 6.82. The first kappa shape index (κ1) is 20.3. The summed E-state index contributed by atoms with van der Waals surface area (Å²) in [4.78, 5) is 25.5. The lowest BCUT2D eigenvalue weighted by Gasteiger charge is -2.19. The van der Waals surface area contributed by atoms with Crippen LogP contribution < -0.4 is 0 Å². The summed E-state index contributed by atoms with van der Waals surface area (Å²) >= 11 is 0. The van der Waals surface area contributed by atoms with Gasteiger partial charge in [-0.25, -0.2) is 8.42 Å². The first-order valence-electron chi connectivity index (χ1n) is 9.31. The number of rotatable bonds is 6. The fraction of sp³-hybridized carbons (Fsp3) is 0.364. The van der Waals surface area contributed by atoms with E-state index >= 15 is 0 Å². The van der Waals surface area contributed by atoms with Gasteiger partial charge in [-0.2, -0.15) is 0 Å². The Kier molecular flexibility index (Phi) is 5.98. The first-order valence-corrected chi connectivity index (χ1v) is 11.1. The van der Waals surface area contributed by atoms with Crippen LogP contribution in [0.25, 0.3) is 0 Å². The molecule has 1 saturated heterocycles. The van der Waals surface area contributed by atoms with Gasteiger partial charge < -0.3 is 4.74 Å². The minimum Gasteiger partial charge on any atom is -0.449 e. The van der Waals surface area contributed by atoms with Crippen molar-refractivity contribution in [1.29, 1.82) is 0 Å². The molecule has 148 valence electrons. The summed E-state index contributed by atoms with van der Waals surface area (Å²) in [5.41, 5.74) is 3.13. The molecule has 1 fully saturated rings. The van der Waals surface area contributed by atoms with E-state index in [1.807, 2.05) is 38.1 Å². The van der Waals surface area contributed by atoms with E-state index < -0.39 is 21.9 Å². The fourth-order valence-electron chi connectivity index (χ4n) is 3.33. The lowest BCUT2D eigenvalue weighted by Crippen LogP contribution is -2.22. The third kappa shape index (κ3) is 5.07. The molecule has 2 atom stereocenters. The second-order valence-electron chi connectivity index (χ2n) is 7.48. The van der Waals surface area contributed by atoms with Gasteiger partial charge in [0.05, 0.1) is 11.5 Å². The van der Waals surface area contributed by atoms with E-state index in [2.05, 4.69) is 0 Å². The van der Waals surface area contributed by atoms with Gasteiger partial charge in [-0.05, 0) is 26.2 Å². The van der Waals surface area contributed by atoms with Crippen LogP contribution in [-0.4, -0.2) is 31.7 Å². The molecule has 3 rings (SSSR count). The molecule has 1 aliphatic heterocycles. The fourth-order valence-corrected chi connectivity index (χ4v) is 5.19. The summed E-state index contributed by atoms with van der Waals surface area (Å²) in [6, 6.07) is 14.4. The van der Waals surface area contributed by atoms with Crippen LogP contribution in [-0.2, 0) is 19.4 Å². The van der Waals surface area contributed by atoms with Crippen LogP contribution in [0.1, 0.15) is 46.0 Å². The number of Topliss-reactive ketones (excluding diaryl/α,β-unsaturated/α-hetero) is 1. The van der Waals surface area contributed by atoms with Crippen molar-refractivity contribution in [2.45, 2.75) is 32.8 Å². The Bertz CT molecular complexity index is 959. The lowest BCUT2D eigenvalue weighted by molar-refractivity contribution is -0.148. The van der Waals surface area contributed by atoms with Crippen molar-refractivity contribution in [2.75, 3.05) is 11.5 Å². The first-order chi connectivity index (χ1) is 13.2. The van der Waals surface area contributed by atoms with E-state index in [4.69, 9.17) is 4.74 Å². The Balaban J connectivity index is 1.79. The number of hydrogen-bond donors (Lipinski definition) is 0. The van der Waals surface area contributed by atoms with Crippen LogP contribution in [0.2, 0.25) is 0 Å². The van der Waals surface area contributed by atoms with Crippen LogP contribution >= 0.6 is 0 Å². The van der Waals surface area contributed by atoms with Gasteiger partial charge in [-0.1, -0.05) is 59.7 Å². The number of benzene rings is 2. The number of carbonyl (C=O) groups is 2. The monoisotopic (exact) mass is 400 g/mol. The molecule has 0 aliphatic carbocycles. The second-order valence-corrected chi connectivity index (χ2v) is 9.71. The average molecular weight is 400 g/mol. The Morgan fingerprint density at radius 2 is 1.57 bits per heavy atom. The van der Waals surface area contributed by atoms with Gasteiger partial charge in [-0.15, -0.1) is 0 Å². The largest absolute Gasteiger partial charge is 0.449 e. The number of aryl methyl sites for hydroxylation is 2. The van der Waals surface area contributed by atoms with Gasteiger partial charge in [0.15, 0.2) is 15.9 Å². The molecule has 28 heavy (non-hydrogen) atoms. The Labute approximate surface area is 165 Å². The number of hydrogen-bond acceptors (Lipinski definition) is 5. The van der Waals surface area contributed by atoms with E-state index in [-0.39, 0.29) is 29.6 Å². The van der Waals surface area contributed by atoms with Gasteiger partial charge in [0.2, 0.25) is 5.78 Å². The van der Waals surface area contributed by atoms with Gasteiger partial charge in [0.25, 0.3) is 0 Å². The van der Waals surface area contributed by atoms with Gasteiger partial charge in [0.1, 0.15) is 0 Å². The zero-order valence-electron chi connectivity index (χ0n) is 16.1. The molecule has 1 aliphatic rings. The number of sulfone groups is 1. The highest BCUT2D eigenvalue weighted by molar-refractivity contribution is 7.91. The summed E-state index contributed by atoms with van der Waals surface area (Å²) < 4.78 is 28.8. The van der Waals surface area contributed by atoms with E-state index in [0.29, 0.717) is 17.5 Å². The van der Waals surface area contributed by atoms with Gasteiger partial charge in [-0.3, -0.25) is 9.59 Å². The molecule has 1 heterocycles. The summed E-state index contributed by atoms with van der Waals surface area (Å²) in [6.45, 7) is 3.87. The molecule has 0 bridgehead atoms. The van der Waals surface area contributed by atoms with Crippen molar-refractivity contribution >= 4 is 21.6 Å². The van der Waals surface area contributed by atoms with Crippen molar-refractivity contribution in [2.24, 2.45) is 5.92 Å². The predicted octanol–water partition coefficient (Wildman–Crippen LogP) is 3.60. The summed E-state index contributed by atoms with van der Waals surface area (Å²) in [6.07, 6.45) is -0.588. The molecule has 5 nitrogen and oxygen atoms in total. The molecule has 0 unspecified atom stereocenters. The maximum Gasteiger partial charge on any atom is 0.307 e. The van der Waals surface area contributed by atoms with Crippen LogP contribution in [0.5, 0.6) is 0 Å². The molecule has 0 radical (unpaired) electrons. The van der Waals surface area contributed by atoms with Gasteiger partial charge >= 0.3 is 5.97 Å². The Morgan fingerprint density at radius 3 is 2.11 bits per heavy atom. The minimum atomic E-state index is -3.06. The second kappa shape index (κ2) is 8.27. The standard InChI is InChI=1S/C22H24O5S/c1-15-3-7-18(8-4-15)21(24)22(19-9-5-16(2)6-10-19)27-20(23)13-17-11-12-28(25,26)14-17/h3-10,17,22H,11-14H2,1-2H3/t17-,22-/m0/s1. The Hall–Kier alpha value is -2.47. The number of ketones is 1. The van der Waals surface area contributed by atoms with Crippen LogP contribution in [0.3, 0.4) is 0 Å². The van der Waals surface area contributed by atoms with Crippen LogP contribution in [0, 0.1) is 19.8 Å². The zero-order valence-corrected chi connectivity index (χ0v) is 16.9. The molecule has 0 spiro atoms. The molecule has 6 heteroatoms. The maximum atomic E-state index is 13.0. The topological polar surface area (TPSA) is 77.5 Å². The highest BCUT2D eigenvalue weighted by Gasteiger charge is 2.32. The molecular formula is C22H24O5S. The number of esters is 1. The average Bonchev–Trinajstić information content (AvgIpc) is 2.99. The molecule has 0 aromatic heterocycles. The summed E-state index contributed by atoms with van der Waals surface area (Å²) in [5, 5.41) is 0. The highest BCUT2D eigenvalue weighted by Crippen LogP contribution is 2.27. The minimum absolute atomic E-state index is 0.00275. The molecule has 0 amide bonds. The van der Waals surface area contributed by atoms with Crippen molar-refractivity contribution in [1.82, 2.24) is 0 Å². The third-order valence-electron chi connectivity index (χ3n) is 4.99. The molecule has 2 aromatic rings. The van der Waals surface area contributed by atoms with Crippen molar-refractivity contribution in [3.8, 4) is 0 Å². The SMILES string of the molecule is Cc1ccc(C(=O)[C@@H](OC(=O)C[C@@H]2CCS(=O)(=O)C2)c2ccc(C)cc2)cc1.